The molecule has 0 unspecified atom stereocenters. The maximum absolute atomic E-state index is 13.5. The third kappa shape index (κ3) is 4.19. The summed E-state index contributed by atoms with van der Waals surface area (Å²) in [6.07, 6.45) is 7.42. The van der Waals surface area contributed by atoms with Gasteiger partial charge in [-0.3, -0.25) is 9.59 Å². The Labute approximate surface area is 226 Å². The van der Waals surface area contributed by atoms with E-state index < -0.39 is 11.7 Å². The molecule has 1 N–H and O–H groups in total. The summed E-state index contributed by atoms with van der Waals surface area (Å²) in [6.45, 7) is 1.03. The number of fused-ring (bicyclic) bond motifs is 3. The molecule has 0 spiro atoms. The summed E-state index contributed by atoms with van der Waals surface area (Å²) in [6, 6.07) is 17.3. The Kier molecular flexibility index (Phi) is 6.50. The Hall–Kier alpha value is -3.90. The molecule has 1 saturated heterocycles. The lowest BCUT2D eigenvalue weighted by molar-refractivity contribution is -0.126. The summed E-state index contributed by atoms with van der Waals surface area (Å²) in [4.78, 5) is 35.7. The molecule has 192 valence electrons. The number of Topliss-reactive ketones (excluding diaryl/α,β-unsaturated/α-hetero) is 1. The standard InChI is InChI=1S/C31H28ClN3O3/c1-38-25-18-34-30(32)28-27(25)24(17-33-28)29(36)31(37)35-15-6-9-21(14-16-35)26-22-10-4-2-7-19(22)12-13-20-8-3-5-11-23(20)26/h2-5,7-8,10-11,17-18,33H,6,9,12-16H2,1H3. The Morgan fingerprint density at radius 2 is 1.63 bits per heavy atom. The molecular weight excluding hydrogens is 498 g/mol. The highest BCUT2D eigenvalue weighted by Crippen LogP contribution is 2.39. The zero-order valence-corrected chi connectivity index (χ0v) is 22.0. The number of pyridine rings is 1. The van der Waals surface area contributed by atoms with Crippen molar-refractivity contribution in [3.05, 3.63) is 99.5 Å². The van der Waals surface area contributed by atoms with E-state index in [1.54, 1.807) is 4.90 Å². The number of ether oxygens (including phenoxy) is 1. The van der Waals surface area contributed by atoms with Crippen LogP contribution in [0.5, 0.6) is 5.75 Å². The molecule has 3 heterocycles. The van der Waals surface area contributed by atoms with Gasteiger partial charge in [-0.1, -0.05) is 65.7 Å². The number of aromatic nitrogens is 2. The molecule has 4 aromatic rings. The quantitative estimate of drug-likeness (QED) is 0.201. The van der Waals surface area contributed by atoms with Crippen molar-refractivity contribution in [3.63, 3.8) is 0 Å². The molecule has 1 amide bonds. The summed E-state index contributed by atoms with van der Waals surface area (Å²) in [5.74, 6) is -0.678. The van der Waals surface area contributed by atoms with Crippen LogP contribution in [0.3, 0.4) is 0 Å². The Morgan fingerprint density at radius 3 is 2.32 bits per heavy atom. The van der Waals surface area contributed by atoms with Crippen LogP contribution >= 0.6 is 11.6 Å². The van der Waals surface area contributed by atoms with E-state index in [0.717, 1.165) is 32.1 Å². The van der Waals surface area contributed by atoms with E-state index in [9.17, 15) is 9.59 Å². The number of nitrogens with zero attached hydrogens (tertiary/aromatic N) is 2. The van der Waals surface area contributed by atoms with Crippen molar-refractivity contribution in [2.45, 2.75) is 32.1 Å². The number of halogens is 1. The lowest BCUT2D eigenvalue weighted by Crippen LogP contribution is -2.37. The Balaban J connectivity index is 1.32. The molecule has 0 saturated carbocycles. The minimum atomic E-state index is -0.571. The van der Waals surface area contributed by atoms with E-state index in [1.165, 1.54) is 52.9 Å². The first kappa shape index (κ1) is 24.4. The monoisotopic (exact) mass is 525 g/mol. The number of carbonyl (C=O) groups is 2. The van der Waals surface area contributed by atoms with E-state index >= 15 is 0 Å². The maximum atomic E-state index is 13.5. The number of carbonyl (C=O) groups excluding carboxylic acids is 2. The number of hydrogen-bond acceptors (Lipinski definition) is 4. The van der Waals surface area contributed by atoms with Crippen molar-refractivity contribution < 1.29 is 14.3 Å². The lowest BCUT2D eigenvalue weighted by Gasteiger charge is -2.20. The topological polar surface area (TPSA) is 75.3 Å². The van der Waals surface area contributed by atoms with Crippen LogP contribution in [0, 0.1) is 0 Å². The first-order chi connectivity index (χ1) is 18.6. The molecule has 1 fully saturated rings. The van der Waals surface area contributed by atoms with Crippen LogP contribution in [0.15, 0.2) is 66.5 Å². The number of likely N-dealkylation sites (tertiary alicyclic amines) is 1. The molecule has 0 atom stereocenters. The lowest BCUT2D eigenvalue weighted by atomic mass is 9.87. The SMILES string of the molecule is COc1cnc(Cl)c2[nH]cc(C(=O)C(=O)N3CCCC(=C4c5ccccc5CCc5ccccc54)CC3)c12. The fraction of sp³-hybridized carbons (Fsp3) is 0.258. The molecule has 2 aromatic carbocycles. The van der Waals surface area contributed by atoms with Gasteiger partial charge in [0, 0.05) is 19.3 Å². The van der Waals surface area contributed by atoms with Gasteiger partial charge >= 0.3 is 0 Å². The largest absolute Gasteiger partial charge is 0.494 e. The van der Waals surface area contributed by atoms with Crippen LogP contribution in [0.4, 0.5) is 0 Å². The average molecular weight is 526 g/mol. The van der Waals surface area contributed by atoms with Gasteiger partial charge in [-0.25, -0.2) is 4.98 Å². The second-order valence-electron chi connectivity index (χ2n) is 9.84. The van der Waals surface area contributed by atoms with Gasteiger partial charge in [0.2, 0.25) is 0 Å². The molecule has 1 aliphatic heterocycles. The molecule has 38 heavy (non-hydrogen) atoms. The van der Waals surface area contributed by atoms with Crippen LogP contribution in [0.25, 0.3) is 16.5 Å². The van der Waals surface area contributed by atoms with Gasteiger partial charge in [0.25, 0.3) is 11.7 Å². The first-order valence-electron chi connectivity index (χ1n) is 13.0. The third-order valence-electron chi connectivity index (χ3n) is 7.75. The predicted octanol–water partition coefficient (Wildman–Crippen LogP) is 6.02. The van der Waals surface area contributed by atoms with Gasteiger partial charge in [0.1, 0.15) is 5.75 Å². The number of amides is 1. The average Bonchev–Trinajstić information content (AvgIpc) is 3.16. The molecule has 2 aromatic heterocycles. The fourth-order valence-electron chi connectivity index (χ4n) is 5.88. The van der Waals surface area contributed by atoms with Crippen molar-refractivity contribution >= 4 is 39.8 Å². The number of nitrogens with one attached hydrogen (secondary N) is 1. The smallest absolute Gasteiger partial charge is 0.295 e. The van der Waals surface area contributed by atoms with Gasteiger partial charge in [0.15, 0.2) is 5.15 Å². The second-order valence-corrected chi connectivity index (χ2v) is 10.2. The number of ketones is 1. The zero-order valence-electron chi connectivity index (χ0n) is 21.2. The Morgan fingerprint density at radius 1 is 0.947 bits per heavy atom. The van der Waals surface area contributed by atoms with Crippen molar-refractivity contribution in [2.24, 2.45) is 0 Å². The highest BCUT2D eigenvalue weighted by atomic mass is 35.5. The summed E-state index contributed by atoms with van der Waals surface area (Å²) in [5.41, 5.74) is 8.69. The predicted molar refractivity (Wildman–Crippen MR) is 149 cm³/mol. The molecule has 6 nitrogen and oxygen atoms in total. The molecule has 0 radical (unpaired) electrons. The van der Waals surface area contributed by atoms with Gasteiger partial charge in [-0.15, -0.1) is 0 Å². The second kappa shape index (κ2) is 10.1. The highest BCUT2D eigenvalue weighted by Gasteiger charge is 2.30. The Bertz CT molecular complexity index is 1550. The first-order valence-corrected chi connectivity index (χ1v) is 13.4. The molecular formula is C31H28ClN3O3. The van der Waals surface area contributed by atoms with Crippen molar-refractivity contribution in [2.75, 3.05) is 20.2 Å². The third-order valence-corrected chi connectivity index (χ3v) is 8.04. The number of aromatic amines is 1. The molecule has 6 rings (SSSR count). The number of benzene rings is 2. The van der Waals surface area contributed by atoms with Crippen molar-refractivity contribution in [1.29, 1.82) is 0 Å². The number of H-pyrrole nitrogens is 1. The number of hydrogen-bond donors (Lipinski definition) is 1. The summed E-state index contributed by atoms with van der Waals surface area (Å²) < 4.78 is 5.40. The van der Waals surface area contributed by atoms with E-state index in [0.29, 0.717) is 29.7 Å². The molecule has 7 heteroatoms. The van der Waals surface area contributed by atoms with Crippen molar-refractivity contribution in [1.82, 2.24) is 14.9 Å². The van der Waals surface area contributed by atoms with Crippen LogP contribution in [-0.4, -0.2) is 46.8 Å². The van der Waals surface area contributed by atoms with E-state index in [4.69, 9.17) is 16.3 Å². The number of rotatable bonds is 3. The van der Waals surface area contributed by atoms with Crippen LogP contribution in [0.2, 0.25) is 5.15 Å². The number of aryl methyl sites for hydroxylation is 2. The molecule has 1 aliphatic carbocycles. The zero-order chi connectivity index (χ0) is 26.2. The van der Waals surface area contributed by atoms with E-state index in [2.05, 4.69) is 58.5 Å². The van der Waals surface area contributed by atoms with Gasteiger partial charge in [-0.2, -0.15) is 0 Å². The normalized spacial score (nSPS) is 15.5. The summed E-state index contributed by atoms with van der Waals surface area (Å²) >= 11 is 6.22. The minimum Gasteiger partial charge on any atom is -0.494 e. The van der Waals surface area contributed by atoms with E-state index in [1.807, 2.05) is 0 Å². The summed E-state index contributed by atoms with van der Waals surface area (Å²) in [7, 11) is 1.50. The van der Waals surface area contributed by atoms with Crippen molar-refractivity contribution in [3.8, 4) is 5.75 Å². The maximum Gasteiger partial charge on any atom is 0.295 e. The van der Waals surface area contributed by atoms with E-state index in [-0.39, 0.29) is 10.7 Å². The minimum absolute atomic E-state index is 0.224. The fourth-order valence-corrected chi connectivity index (χ4v) is 6.08. The molecule has 0 bridgehead atoms. The van der Waals surface area contributed by atoms with Crippen LogP contribution in [-0.2, 0) is 17.6 Å². The van der Waals surface area contributed by atoms with Gasteiger partial charge < -0.3 is 14.6 Å². The highest BCUT2D eigenvalue weighted by molar-refractivity contribution is 6.45. The van der Waals surface area contributed by atoms with Crippen LogP contribution in [0.1, 0.15) is 51.9 Å². The van der Waals surface area contributed by atoms with Gasteiger partial charge in [-0.05, 0) is 59.9 Å². The van der Waals surface area contributed by atoms with Crippen LogP contribution < -0.4 is 4.74 Å². The number of methoxy groups -OCH3 is 1. The summed E-state index contributed by atoms with van der Waals surface area (Å²) in [5, 5.41) is 0.706. The van der Waals surface area contributed by atoms with Gasteiger partial charge in [0.05, 0.1) is 29.8 Å². The molecule has 2 aliphatic rings.